The molecule has 5 heteroatoms. The molecule has 1 aromatic heterocycles. The number of aromatic amines is 1. The van der Waals surface area contributed by atoms with Gasteiger partial charge < -0.3 is 15.2 Å². The van der Waals surface area contributed by atoms with E-state index in [0.29, 0.717) is 17.5 Å². The maximum Gasteiger partial charge on any atom is 0.170 e. The Morgan fingerprint density at radius 1 is 1.62 bits per heavy atom. The second-order valence-corrected chi connectivity index (χ2v) is 2.52. The summed E-state index contributed by atoms with van der Waals surface area (Å²) in [4.78, 5) is 12.8. The molecule has 2 atom stereocenters. The molecule has 0 amide bonds. The third kappa shape index (κ3) is 1.93. The molecule has 0 radical (unpaired) electrons. The van der Waals surface area contributed by atoms with E-state index in [1.54, 1.807) is 0 Å². The van der Waals surface area contributed by atoms with Gasteiger partial charge in [-0.15, -0.1) is 0 Å². The van der Waals surface area contributed by atoms with Crippen LogP contribution in [0.5, 0.6) is 0 Å². The van der Waals surface area contributed by atoms with Crippen molar-refractivity contribution < 1.29 is 15.0 Å². The summed E-state index contributed by atoms with van der Waals surface area (Å²) >= 11 is 0. The quantitative estimate of drug-likeness (QED) is 0.441. The number of aliphatic hydroxyl groups is 2. The van der Waals surface area contributed by atoms with Gasteiger partial charge in [0.15, 0.2) is 12.4 Å². The van der Waals surface area contributed by atoms with Gasteiger partial charge in [-0.2, -0.15) is 5.26 Å². The SMILES string of the molecule is N#CC(O)C(O)c1c[nH]c(C=O)c1. The number of hydrogen-bond acceptors (Lipinski definition) is 4. The predicted octanol–water partition coefficient (Wildman–Crippen LogP) is -0.255. The number of hydrogen-bond donors (Lipinski definition) is 3. The lowest BCUT2D eigenvalue weighted by atomic mass is 10.1. The van der Waals surface area contributed by atoms with Crippen molar-refractivity contribution in [3.05, 3.63) is 23.5 Å². The topological polar surface area (TPSA) is 97.1 Å². The highest BCUT2D eigenvalue weighted by Crippen LogP contribution is 2.16. The number of aliphatic hydroxyl groups excluding tert-OH is 2. The Morgan fingerprint density at radius 2 is 2.31 bits per heavy atom. The van der Waals surface area contributed by atoms with Gasteiger partial charge >= 0.3 is 0 Å². The van der Waals surface area contributed by atoms with Crippen LogP contribution in [0, 0.1) is 11.3 Å². The van der Waals surface area contributed by atoms with Crippen LogP contribution in [0.3, 0.4) is 0 Å². The lowest BCUT2D eigenvalue weighted by Crippen LogP contribution is -2.14. The van der Waals surface area contributed by atoms with Crippen LogP contribution in [0.4, 0.5) is 0 Å². The van der Waals surface area contributed by atoms with E-state index in [-0.39, 0.29) is 0 Å². The van der Waals surface area contributed by atoms with Crippen molar-refractivity contribution in [2.45, 2.75) is 12.2 Å². The van der Waals surface area contributed by atoms with Gasteiger partial charge in [0.05, 0.1) is 11.8 Å². The van der Waals surface area contributed by atoms with Crippen LogP contribution in [0.2, 0.25) is 0 Å². The fraction of sp³-hybridized carbons (Fsp3) is 0.250. The second kappa shape index (κ2) is 3.85. The van der Waals surface area contributed by atoms with Crippen LogP contribution >= 0.6 is 0 Å². The highest BCUT2D eigenvalue weighted by atomic mass is 16.3. The first-order valence-electron chi connectivity index (χ1n) is 3.58. The number of aromatic nitrogens is 1. The Hall–Kier alpha value is -1.64. The first-order valence-corrected chi connectivity index (χ1v) is 3.58. The van der Waals surface area contributed by atoms with Crippen molar-refractivity contribution in [3.63, 3.8) is 0 Å². The third-order valence-corrected chi connectivity index (χ3v) is 1.63. The van der Waals surface area contributed by atoms with E-state index in [2.05, 4.69) is 4.98 Å². The molecule has 13 heavy (non-hydrogen) atoms. The van der Waals surface area contributed by atoms with Gasteiger partial charge in [0.2, 0.25) is 0 Å². The molecule has 0 fully saturated rings. The molecule has 5 nitrogen and oxygen atoms in total. The van der Waals surface area contributed by atoms with Crippen molar-refractivity contribution in [1.82, 2.24) is 4.98 Å². The molecule has 68 valence electrons. The molecule has 2 unspecified atom stereocenters. The molecule has 0 spiro atoms. The normalized spacial score (nSPS) is 14.5. The average molecular weight is 180 g/mol. The van der Waals surface area contributed by atoms with Crippen molar-refractivity contribution in [2.24, 2.45) is 0 Å². The molecule has 0 aromatic carbocycles. The van der Waals surface area contributed by atoms with Crippen molar-refractivity contribution in [1.29, 1.82) is 5.26 Å². The lowest BCUT2D eigenvalue weighted by Gasteiger charge is -2.08. The van der Waals surface area contributed by atoms with Crippen LogP contribution in [-0.2, 0) is 0 Å². The van der Waals surface area contributed by atoms with Crippen LogP contribution in [0.25, 0.3) is 0 Å². The summed E-state index contributed by atoms with van der Waals surface area (Å²) in [6, 6.07) is 2.87. The minimum Gasteiger partial charge on any atom is -0.384 e. The van der Waals surface area contributed by atoms with E-state index >= 15 is 0 Å². The van der Waals surface area contributed by atoms with Gasteiger partial charge in [-0.25, -0.2) is 0 Å². The highest BCUT2D eigenvalue weighted by Gasteiger charge is 2.18. The van der Waals surface area contributed by atoms with E-state index in [0.717, 1.165) is 0 Å². The van der Waals surface area contributed by atoms with Crippen LogP contribution in [0.15, 0.2) is 12.3 Å². The smallest absolute Gasteiger partial charge is 0.170 e. The average Bonchev–Trinajstić information content (AvgIpc) is 2.63. The van der Waals surface area contributed by atoms with Crippen LogP contribution in [-0.4, -0.2) is 27.6 Å². The van der Waals surface area contributed by atoms with E-state index in [9.17, 15) is 9.90 Å². The molecule has 0 aliphatic heterocycles. The van der Waals surface area contributed by atoms with E-state index in [4.69, 9.17) is 10.4 Å². The zero-order valence-electron chi connectivity index (χ0n) is 6.64. The number of nitrogens with one attached hydrogen (secondary N) is 1. The number of nitrogens with zero attached hydrogens (tertiary/aromatic N) is 1. The van der Waals surface area contributed by atoms with Gasteiger partial charge in [-0.3, -0.25) is 4.79 Å². The minimum absolute atomic E-state index is 0.291. The first-order chi connectivity index (χ1) is 6.19. The molecule has 0 aliphatic rings. The molecule has 0 bridgehead atoms. The number of carbonyl (C=O) groups excluding carboxylic acids is 1. The number of nitriles is 1. The van der Waals surface area contributed by atoms with Gasteiger partial charge in [0, 0.05) is 11.8 Å². The summed E-state index contributed by atoms with van der Waals surface area (Å²) < 4.78 is 0. The molecule has 0 aliphatic carbocycles. The Morgan fingerprint density at radius 3 is 2.77 bits per heavy atom. The summed E-state index contributed by atoms with van der Waals surface area (Å²) in [7, 11) is 0. The number of rotatable bonds is 3. The molecule has 0 saturated heterocycles. The second-order valence-electron chi connectivity index (χ2n) is 2.52. The summed E-state index contributed by atoms with van der Waals surface area (Å²) in [6.45, 7) is 0. The monoisotopic (exact) mass is 180 g/mol. The molecule has 1 aromatic rings. The lowest BCUT2D eigenvalue weighted by molar-refractivity contribution is 0.0529. The zero-order chi connectivity index (χ0) is 9.84. The molecule has 3 N–H and O–H groups in total. The van der Waals surface area contributed by atoms with E-state index in [1.807, 2.05) is 0 Å². The number of aldehydes is 1. The van der Waals surface area contributed by atoms with Crippen molar-refractivity contribution in [2.75, 3.05) is 0 Å². The molecule has 1 rings (SSSR count). The molecule has 1 heterocycles. The Labute approximate surface area is 74.2 Å². The van der Waals surface area contributed by atoms with Gasteiger partial charge in [0.25, 0.3) is 0 Å². The summed E-state index contributed by atoms with van der Waals surface area (Å²) in [5.74, 6) is 0. The summed E-state index contributed by atoms with van der Waals surface area (Å²) in [6.07, 6.45) is -0.811. The maximum absolute atomic E-state index is 10.2. The standard InChI is InChI=1S/C8H8N2O3/c9-2-7(12)8(13)5-1-6(4-11)10-3-5/h1,3-4,7-8,10,12-13H. The Bertz CT molecular complexity index is 339. The van der Waals surface area contributed by atoms with Crippen molar-refractivity contribution >= 4 is 6.29 Å². The van der Waals surface area contributed by atoms with Crippen LogP contribution < -0.4 is 0 Å². The van der Waals surface area contributed by atoms with Gasteiger partial charge in [0.1, 0.15) is 6.10 Å². The molecule has 0 saturated carbocycles. The maximum atomic E-state index is 10.2. The number of H-pyrrole nitrogens is 1. The Kier molecular flexibility index (Phi) is 2.80. The molecular formula is C8H8N2O3. The Balaban J connectivity index is 2.83. The predicted molar refractivity (Wildman–Crippen MR) is 42.8 cm³/mol. The zero-order valence-corrected chi connectivity index (χ0v) is 6.64. The third-order valence-electron chi connectivity index (χ3n) is 1.63. The minimum atomic E-state index is -1.48. The number of carbonyl (C=O) groups is 1. The largest absolute Gasteiger partial charge is 0.384 e. The van der Waals surface area contributed by atoms with E-state index in [1.165, 1.54) is 18.3 Å². The molecular weight excluding hydrogens is 172 g/mol. The fourth-order valence-corrected chi connectivity index (χ4v) is 0.921. The van der Waals surface area contributed by atoms with Gasteiger partial charge in [-0.05, 0) is 6.07 Å². The van der Waals surface area contributed by atoms with E-state index < -0.39 is 12.2 Å². The fourth-order valence-electron chi connectivity index (χ4n) is 0.921. The van der Waals surface area contributed by atoms with Crippen molar-refractivity contribution in [3.8, 4) is 6.07 Å². The highest BCUT2D eigenvalue weighted by molar-refractivity contribution is 5.72. The summed E-state index contributed by atoms with van der Waals surface area (Å²) in [5.41, 5.74) is 0.607. The first kappa shape index (κ1) is 9.45. The van der Waals surface area contributed by atoms with Crippen LogP contribution in [0.1, 0.15) is 22.2 Å². The van der Waals surface area contributed by atoms with Gasteiger partial charge in [-0.1, -0.05) is 0 Å². The summed E-state index contributed by atoms with van der Waals surface area (Å²) in [5, 5.41) is 26.5.